The van der Waals surface area contributed by atoms with Crippen LogP contribution in [0.1, 0.15) is 36.1 Å². The van der Waals surface area contributed by atoms with Gasteiger partial charge < -0.3 is 15.4 Å². The summed E-state index contributed by atoms with van der Waals surface area (Å²) in [5, 5.41) is 5.26. The average molecular weight is 441 g/mol. The molecule has 1 saturated heterocycles. The molecule has 1 heterocycles. The summed E-state index contributed by atoms with van der Waals surface area (Å²) >= 11 is 0. The first-order valence-electron chi connectivity index (χ1n) is 9.97. The number of ether oxygens (including phenoxy) is 1. The Hall–Kier alpha value is -3.75. The van der Waals surface area contributed by atoms with Crippen molar-refractivity contribution in [3.05, 3.63) is 71.0 Å². The number of esters is 1. The number of benzene rings is 2. The van der Waals surface area contributed by atoms with E-state index in [1.165, 1.54) is 38.3 Å². The second-order valence-corrected chi connectivity index (χ2v) is 7.76. The van der Waals surface area contributed by atoms with Crippen LogP contribution in [0.3, 0.4) is 0 Å². The summed E-state index contributed by atoms with van der Waals surface area (Å²) in [6, 6.07) is 11.0. The normalized spacial score (nSPS) is 18.8. The second-order valence-electron chi connectivity index (χ2n) is 7.76. The van der Waals surface area contributed by atoms with Gasteiger partial charge in [-0.3, -0.25) is 19.3 Å². The number of halogens is 1. The van der Waals surface area contributed by atoms with Gasteiger partial charge in [-0.15, -0.1) is 0 Å². The van der Waals surface area contributed by atoms with Crippen molar-refractivity contribution in [3.8, 4) is 0 Å². The van der Waals surface area contributed by atoms with Crippen LogP contribution in [0.5, 0.6) is 0 Å². The van der Waals surface area contributed by atoms with Crippen LogP contribution < -0.4 is 10.6 Å². The van der Waals surface area contributed by atoms with Crippen LogP contribution in [0.15, 0.2) is 48.5 Å². The lowest BCUT2D eigenvalue weighted by Crippen LogP contribution is -2.44. The highest BCUT2D eigenvalue weighted by atomic mass is 19.1. The summed E-state index contributed by atoms with van der Waals surface area (Å²) < 4.78 is 18.0. The lowest BCUT2D eigenvalue weighted by molar-refractivity contribution is -0.141. The number of nitrogens with zero attached hydrogens (tertiary/aromatic N) is 1. The van der Waals surface area contributed by atoms with E-state index in [9.17, 15) is 23.6 Å². The number of aryl methyl sites for hydroxylation is 1. The second kappa shape index (κ2) is 9.17. The summed E-state index contributed by atoms with van der Waals surface area (Å²) in [5.41, 5.74) is 0.662. The Morgan fingerprint density at radius 3 is 2.34 bits per heavy atom. The fraction of sp³-hybridized carbons (Fsp3) is 0.304. The number of carbonyl (C=O) groups is 4. The van der Waals surface area contributed by atoms with Crippen LogP contribution in [0.25, 0.3) is 0 Å². The maximum Gasteiger partial charge on any atom is 0.325 e. The van der Waals surface area contributed by atoms with E-state index < -0.39 is 47.8 Å². The highest BCUT2D eigenvalue weighted by molar-refractivity contribution is 6.09. The third kappa shape index (κ3) is 4.77. The number of hydrogen-bond acceptors (Lipinski definition) is 5. The number of rotatable bonds is 7. The van der Waals surface area contributed by atoms with Gasteiger partial charge >= 0.3 is 12.0 Å². The van der Waals surface area contributed by atoms with Crippen molar-refractivity contribution < 1.29 is 28.3 Å². The Morgan fingerprint density at radius 1 is 1.12 bits per heavy atom. The molecule has 1 aliphatic heterocycles. The smallest absolute Gasteiger partial charge is 0.325 e. The predicted octanol–water partition coefficient (Wildman–Crippen LogP) is 2.32. The summed E-state index contributed by atoms with van der Waals surface area (Å²) in [6.07, 6.45) is -0.112. The Morgan fingerprint density at radius 2 is 1.75 bits per heavy atom. The van der Waals surface area contributed by atoms with Crippen molar-refractivity contribution in [1.82, 2.24) is 15.5 Å². The third-order valence-electron chi connectivity index (χ3n) is 5.41. The van der Waals surface area contributed by atoms with Gasteiger partial charge in [0.1, 0.15) is 17.9 Å². The molecule has 0 aromatic heterocycles. The molecular weight excluding hydrogens is 417 g/mol. The molecule has 1 aliphatic rings. The van der Waals surface area contributed by atoms with Gasteiger partial charge in [-0.05, 0) is 37.1 Å². The fourth-order valence-corrected chi connectivity index (χ4v) is 3.50. The molecule has 0 saturated carbocycles. The van der Waals surface area contributed by atoms with Gasteiger partial charge in [0.2, 0.25) is 5.91 Å². The lowest BCUT2D eigenvalue weighted by atomic mass is 9.92. The molecule has 0 spiro atoms. The quantitative estimate of drug-likeness (QED) is 0.507. The number of urea groups is 1. The number of carbonyl (C=O) groups excluding carboxylic acids is 4. The van der Waals surface area contributed by atoms with E-state index in [1.54, 1.807) is 12.1 Å². The minimum absolute atomic E-state index is 0.112. The molecule has 1 fully saturated rings. The minimum Gasteiger partial charge on any atom is -0.469 e. The number of amides is 4. The van der Waals surface area contributed by atoms with Crippen LogP contribution in [0.2, 0.25) is 0 Å². The molecule has 4 amide bonds. The summed E-state index contributed by atoms with van der Waals surface area (Å²) in [6.45, 7) is 2.86. The fourth-order valence-electron chi connectivity index (χ4n) is 3.50. The number of methoxy groups -OCH3 is 1. The molecular formula is C23H24FN3O5. The topological polar surface area (TPSA) is 105 Å². The van der Waals surface area contributed by atoms with Crippen molar-refractivity contribution in [1.29, 1.82) is 0 Å². The summed E-state index contributed by atoms with van der Waals surface area (Å²) in [7, 11) is 1.25. The van der Waals surface area contributed by atoms with E-state index >= 15 is 0 Å². The molecule has 0 radical (unpaired) electrons. The van der Waals surface area contributed by atoms with Crippen molar-refractivity contribution in [2.75, 3.05) is 13.7 Å². The summed E-state index contributed by atoms with van der Waals surface area (Å²) in [5.74, 6) is -2.25. The van der Waals surface area contributed by atoms with Crippen molar-refractivity contribution in [2.24, 2.45) is 0 Å². The van der Waals surface area contributed by atoms with E-state index in [0.29, 0.717) is 11.1 Å². The maximum atomic E-state index is 13.3. The standard InChI is InChI=1S/C23H24FN3O5/c1-14-4-6-15(7-5-14)18(12-20(29)32-3)25-19(28)13-27-21(30)23(2,26-22(27)31)16-8-10-17(24)11-9-16/h4-11,18H,12-13H2,1-3H3,(H,25,28)(H,26,31)/t18-,23-/m1/s1. The largest absolute Gasteiger partial charge is 0.469 e. The number of hydrogen-bond donors (Lipinski definition) is 2. The molecule has 9 heteroatoms. The van der Waals surface area contributed by atoms with Gasteiger partial charge in [-0.1, -0.05) is 42.0 Å². The van der Waals surface area contributed by atoms with E-state index in [4.69, 9.17) is 4.74 Å². The van der Waals surface area contributed by atoms with Crippen LogP contribution in [0, 0.1) is 12.7 Å². The van der Waals surface area contributed by atoms with Crippen LogP contribution in [-0.2, 0) is 24.7 Å². The van der Waals surface area contributed by atoms with Gasteiger partial charge in [-0.25, -0.2) is 9.18 Å². The Balaban J connectivity index is 1.75. The van der Waals surface area contributed by atoms with E-state index in [1.807, 2.05) is 19.1 Å². The maximum absolute atomic E-state index is 13.3. The molecule has 0 bridgehead atoms. The molecule has 2 N–H and O–H groups in total. The minimum atomic E-state index is -1.42. The SMILES string of the molecule is COC(=O)C[C@@H](NC(=O)CN1C(=O)N[C@](C)(c2ccc(F)cc2)C1=O)c1ccc(C)cc1. The first-order chi connectivity index (χ1) is 15.1. The van der Waals surface area contributed by atoms with Crippen LogP contribution in [0.4, 0.5) is 9.18 Å². The number of nitrogens with one attached hydrogen (secondary N) is 2. The molecule has 32 heavy (non-hydrogen) atoms. The predicted molar refractivity (Wildman–Crippen MR) is 113 cm³/mol. The zero-order chi connectivity index (χ0) is 23.5. The van der Waals surface area contributed by atoms with Crippen LogP contribution in [-0.4, -0.2) is 42.4 Å². The van der Waals surface area contributed by atoms with Crippen LogP contribution >= 0.6 is 0 Å². The lowest BCUT2D eigenvalue weighted by Gasteiger charge is -2.23. The van der Waals surface area contributed by atoms with Gasteiger partial charge in [0, 0.05) is 0 Å². The summed E-state index contributed by atoms with van der Waals surface area (Å²) in [4.78, 5) is 50.8. The van der Waals surface area contributed by atoms with E-state index in [-0.39, 0.29) is 6.42 Å². The molecule has 168 valence electrons. The molecule has 2 atom stereocenters. The van der Waals surface area contributed by atoms with Crippen molar-refractivity contribution >= 4 is 23.8 Å². The number of imide groups is 1. The first-order valence-corrected chi connectivity index (χ1v) is 9.97. The average Bonchev–Trinajstić information content (AvgIpc) is 2.98. The Labute approximate surface area is 184 Å². The molecule has 0 unspecified atom stereocenters. The monoisotopic (exact) mass is 441 g/mol. The van der Waals surface area contributed by atoms with Gasteiger partial charge in [0.25, 0.3) is 5.91 Å². The molecule has 3 rings (SSSR count). The highest BCUT2D eigenvalue weighted by Gasteiger charge is 2.49. The molecule has 0 aliphatic carbocycles. The van der Waals surface area contributed by atoms with Gasteiger partial charge in [-0.2, -0.15) is 0 Å². The van der Waals surface area contributed by atoms with E-state index in [2.05, 4.69) is 10.6 Å². The van der Waals surface area contributed by atoms with Crippen molar-refractivity contribution in [3.63, 3.8) is 0 Å². The zero-order valence-electron chi connectivity index (χ0n) is 18.0. The van der Waals surface area contributed by atoms with Gasteiger partial charge in [0.15, 0.2) is 0 Å². The Bertz CT molecular complexity index is 1040. The molecule has 2 aromatic carbocycles. The van der Waals surface area contributed by atoms with Gasteiger partial charge in [0.05, 0.1) is 19.6 Å². The van der Waals surface area contributed by atoms with E-state index in [0.717, 1.165) is 10.5 Å². The highest BCUT2D eigenvalue weighted by Crippen LogP contribution is 2.29. The Kier molecular flexibility index (Phi) is 6.57. The molecule has 8 nitrogen and oxygen atoms in total. The first kappa shape index (κ1) is 22.9. The zero-order valence-corrected chi connectivity index (χ0v) is 18.0. The molecule has 2 aromatic rings. The van der Waals surface area contributed by atoms with Crippen molar-refractivity contribution in [2.45, 2.75) is 31.8 Å². The third-order valence-corrected chi connectivity index (χ3v) is 5.41.